The predicted octanol–water partition coefficient (Wildman–Crippen LogP) is 0.0774. The first-order valence-electron chi connectivity index (χ1n) is 2.21. The second kappa shape index (κ2) is 2.98. The third-order valence-electron chi connectivity index (χ3n) is 0.681. The van der Waals surface area contributed by atoms with E-state index in [9.17, 15) is 4.79 Å². The van der Waals surface area contributed by atoms with Crippen molar-refractivity contribution < 1.29 is 0 Å². The van der Waals surface area contributed by atoms with Crippen LogP contribution in [0.25, 0.3) is 0 Å². The van der Waals surface area contributed by atoms with Gasteiger partial charge in [-0.1, -0.05) is 11.8 Å². The van der Waals surface area contributed by atoms with E-state index in [1.54, 1.807) is 0 Å². The summed E-state index contributed by atoms with van der Waals surface area (Å²) in [6, 6.07) is 0. The molecule has 2 N–H and O–H groups in total. The molecule has 0 aliphatic heterocycles. The maximum Gasteiger partial charge on any atom is 0.341 e. The van der Waals surface area contributed by atoms with Gasteiger partial charge in [-0.2, -0.15) is 12.6 Å². The Bertz CT molecular complexity index is 229. The Morgan fingerprint density at radius 1 is 1.78 bits per heavy atom. The first kappa shape index (κ1) is 6.76. The zero-order valence-electron chi connectivity index (χ0n) is 4.42. The van der Waals surface area contributed by atoms with Crippen LogP contribution in [0.5, 0.6) is 0 Å². The summed E-state index contributed by atoms with van der Waals surface area (Å²) in [7, 11) is 0. The van der Waals surface area contributed by atoms with Crippen LogP contribution in [0, 0.1) is 0 Å². The molecular weight excluding hydrogens is 158 g/mol. The van der Waals surface area contributed by atoms with Crippen LogP contribution >= 0.6 is 24.4 Å². The number of thioether (sulfide) groups is 1. The number of nitrogens with one attached hydrogen (secondary N) is 2. The summed E-state index contributed by atoms with van der Waals surface area (Å²) in [6.45, 7) is 0. The van der Waals surface area contributed by atoms with E-state index in [0.717, 1.165) is 0 Å². The lowest BCUT2D eigenvalue weighted by molar-refractivity contribution is 0.972. The summed E-state index contributed by atoms with van der Waals surface area (Å²) in [5.41, 5.74) is -0.278. The Morgan fingerprint density at radius 3 is 3.00 bits per heavy atom. The molecule has 1 aromatic heterocycles. The van der Waals surface area contributed by atoms with Crippen LogP contribution in [0.15, 0.2) is 9.95 Å². The number of nitrogens with zero attached hydrogens (tertiary/aromatic N) is 1. The smallest absolute Gasteiger partial charge is 0.284 e. The fourth-order valence-electron chi connectivity index (χ4n) is 0.384. The van der Waals surface area contributed by atoms with Gasteiger partial charge in [-0.3, -0.25) is 4.98 Å². The highest BCUT2D eigenvalue weighted by molar-refractivity contribution is 8.09. The first-order chi connectivity index (χ1) is 4.33. The number of hydrogen-bond acceptors (Lipinski definition) is 4. The largest absolute Gasteiger partial charge is 0.341 e. The molecule has 1 heterocycles. The molecule has 0 atom stereocenters. The minimum atomic E-state index is -0.278. The van der Waals surface area contributed by atoms with Crippen LogP contribution in [-0.4, -0.2) is 20.3 Å². The van der Waals surface area contributed by atoms with Crippen molar-refractivity contribution in [3.8, 4) is 0 Å². The molecule has 6 heteroatoms. The van der Waals surface area contributed by atoms with Gasteiger partial charge in [0.25, 0.3) is 0 Å². The summed E-state index contributed by atoms with van der Waals surface area (Å²) in [5, 5.41) is 7.05. The maximum atomic E-state index is 10.4. The van der Waals surface area contributed by atoms with E-state index in [0.29, 0.717) is 10.2 Å². The van der Waals surface area contributed by atoms with Gasteiger partial charge in [0.05, 0.1) is 0 Å². The van der Waals surface area contributed by atoms with Crippen LogP contribution in [0.1, 0.15) is 0 Å². The standard InChI is InChI=1S/C3H5N3OS2/c7-2-4-3(6-5-2)9-1-8/h8H,1H2,(H2,4,5,6,7). The van der Waals surface area contributed by atoms with Gasteiger partial charge in [0, 0.05) is 5.08 Å². The van der Waals surface area contributed by atoms with Crippen molar-refractivity contribution in [1.29, 1.82) is 0 Å². The van der Waals surface area contributed by atoms with Crippen molar-refractivity contribution >= 4 is 24.4 Å². The van der Waals surface area contributed by atoms with Gasteiger partial charge in [0.15, 0.2) is 5.16 Å². The van der Waals surface area contributed by atoms with E-state index in [1.165, 1.54) is 11.8 Å². The number of aromatic amines is 2. The van der Waals surface area contributed by atoms with E-state index < -0.39 is 0 Å². The lowest BCUT2D eigenvalue weighted by Crippen LogP contribution is -2.00. The van der Waals surface area contributed by atoms with Gasteiger partial charge in [-0.05, 0) is 0 Å². The molecule has 0 radical (unpaired) electrons. The van der Waals surface area contributed by atoms with Crippen molar-refractivity contribution in [3.63, 3.8) is 0 Å². The van der Waals surface area contributed by atoms with Crippen LogP contribution in [-0.2, 0) is 0 Å². The summed E-state index contributed by atoms with van der Waals surface area (Å²) in [6.07, 6.45) is 0. The molecule has 0 aliphatic carbocycles. The van der Waals surface area contributed by atoms with Crippen molar-refractivity contribution in [2.24, 2.45) is 0 Å². The average Bonchev–Trinajstić information content (AvgIpc) is 2.17. The van der Waals surface area contributed by atoms with Crippen molar-refractivity contribution in [1.82, 2.24) is 15.2 Å². The minimum Gasteiger partial charge on any atom is -0.284 e. The quantitative estimate of drug-likeness (QED) is 0.328. The lowest BCUT2D eigenvalue weighted by Gasteiger charge is -1.83. The van der Waals surface area contributed by atoms with Crippen LogP contribution in [0.3, 0.4) is 0 Å². The van der Waals surface area contributed by atoms with Crippen molar-refractivity contribution in [2.45, 2.75) is 5.16 Å². The lowest BCUT2D eigenvalue weighted by atomic mass is 11.3. The molecule has 0 spiro atoms. The molecule has 4 nitrogen and oxygen atoms in total. The van der Waals surface area contributed by atoms with E-state index >= 15 is 0 Å². The second-order valence-electron chi connectivity index (χ2n) is 1.26. The number of aromatic nitrogens is 3. The van der Waals surface area contributed by atoms with Crippen LogP contribution < -0.4 is 5.69 Å². The summed E-state index contributed by atoms with van der Waals surface area (Å²) in [4.78, 5) is 12.8. The third-order valence-corrected chi connectivity index (χ3v) is 1.66. The predicted molar refractivity (Wildman–Crippen MR) is 38.9 cm³/mol. The Hall–Kier alpha value is -0.360. The Kier molecular flexibility index (Phi) is 2.23. The number of hydrogen-bond donors (Lipinski definition) is 3. The van der Waals surface area contributed by atoms with Crippen LogP contribution in [0.4, 0.5) is 0 Å². The third kappa shape index (κ3) is 1.79. The van der Waals surface area contributed by atoms with Gasteiger partial charge in [-0.15, -0.1) is 5.10 Å². The molecule has 0 bridgehead atoms. The molecule has 0 unspecified atom stereocenters. The molecule has 0 saturated carbocycles. The molecule has 50 valence electrons. The molecule has 0 amide bonds. The van der Waals surface area contributed by atoms with Crippen molar-refractivity contribution in [3.05, 3.63) is 10.5 Å². The second-order valence-corrected chi connectivity index (χ2v) is 2.96. The Balaban J connectivity index is 2.73. The van der Waals surface area contributed by atoms with Crippen molar-refractivity contribution in [2.75, 3.05) is 5.08 Å². The molecule has 0 aliphatic rings. The molecule has 1 rings (SSSR count). The zero-order chi connectivity index (χ0) is 6.69. The topological polar surface area (TPSA) is 61.5 Å². The fraction of sp³-hybridized carbons (Fsp3) is 0.333. The number of thiol groups is 1. The summed E-state index contributed by atoms with van der Waals surface area (Å²) in [5.74, 6) is 0. The molecule has 0 fully saturated rings. The number of H-pyrrole nitrogens is 2. The summed E-state index contributed by atoms with van der Waals surface area (Å²) < 4.78 is 0. The maximum absolute atomic E-state index is 10.4. The normalized spacial score (nSPS) is 9.89. The van der Waals surface area contributed by atoms with E-state index in [4.69, 9.17) is 0 Å². The van der Waals surface area contributed by atoms with Gasteiger partial charge < -0.3 is 0 Å². The highest BCUT2D eigenvalue weighted by Crippen LogP contribution is 2.09. The molecule has 1 aromatic rings. The van der Waals surface area contributed by atoms with Gasteiger partial charge in [-0.25, -0.2) is 9.89 Å². The SMILES string of the molecule is O=c1[nH]nc(SCS)[nH]1. The Morgan fingerprint density at radius 2 is 2.56 bits per heavy atom. The molecule has 0 saturated heterocycles. The highest BCUT2D eigenvalue weighted by atomic mass is 32.2. The Labute approximate surface area is 60.9 Å². The van der Waals surface area contributed by atoms with E-state index in [1.807, 2.05) is 0 Å². The zero-order valence-corrected chi connectivity index (χ0v) is 6.13. The average molecular weight is 163 g/mol. The number of rotatable bonds is 2. The minimum absolute atomic E-state index is 0.278. The van der Waals surface area contributed by atoms with Crippen LogP contribution in [0.2, 0.25) is 0 Å². The fourth-order valence-corrected chi connectivity index (χ4v) is 1.15. The summed E-state index contributed by atoms with van der Waals surface area (Å²) >= 11 is 5.29. The monoisotopic (exact) mass is 163 g/mol. The van der Waals surface area contributed by atoms with Gasteiger partial charge >= 0.3 is 5.69 Å². The molecule has 9 heavy (non-hydrogen) atoms. The highest BCUT2D eigenvalue weighted by Gasteiger charge is 1.93. The van der Waals surface area contributed by atoms with E-state index in [2.05, 4.69) is 27.8 Å². The molecule has 0 aromatic carbocycles. The van der Waals surface area contributed by atoms with E-state index in [-0.39, 0.29) is 5.69 Å². The first-order valence-corrected chi connectivity index (χ1v) is 3.83. The van der Waals surface area contributed by atoms with Gasteiger partial charge in [0.1, 0.15) is 0 Å². The molecular formula is C3H5N3OS2. The van der Waals surface area contributed by atoms with Gasteiger partial charge in [0.2, 0.25) is 0 Å².